The minimum absolute atomic E-state index is 0.00439. The lowest BCUT2D eigenvalue weighted by Gasteiger charge is -2.16. The number of hydrogen-bond donors (Lipinski definition) is 2. The number of nitrogens with zero attached hydrogens (tertiary/aromatic N) is 4. The second-order valence-electron chi connectivity index (χ2n) is 6.65. The Hall–Kier alpha value is -3.53. The number of halogens is 1. The summed E-state index contributed by atoms with van der Waals surface area (Å²) >= 11 is 0. The standard InChI is InChI=1S/C19H21FN6O3/c1-12-8-17(26(23-12)15-6-4-14(20)5-7-15)22-19(28)11-25(3)10-18(27)21-16-9-13(2)29-24-16/h4-9H,10-11H2,1-3H3,(H,22,28)(H,21,24,27). The molecule has 3 rings (SSSR count). The topological polar surface area (TPSA) is 105 Å². The summed E-state index contributed by atoms with van der Waals surface area (Å²) in [5.41, 5.74) is 1.31. The highest BCUT2D eigenvalue weighted by Gasteiger charge is 2.15. The largest absolute Gasteiger partial charge is 0.360 e. The van der Waals surface area contributed by atoms with E-state index < -0.39 is 0 Å². The molecule has 0 spiro atoms. The minimum Gasteiger partial charge on any atom is -0.360 e. The molecule has 2 heterocycles. The molecule has 3 aromatic rings. The van der Waals surface area contributed by atoms with Crippen LogP contribution in [0.15, 0.2) is 40.9 Å². The molecule has 0 unspecified atom stereocenters. The van der Waals surface area contributed by atoms with E-state index in [-0.39, 0.29) is 30.7 Å². The maximum atomic E-state index is 13.2. The first kappa shape index (κ1) is 20.2. The number of amides is 2. The minimum atomic E-state index is -0.358. The van der Waals surface area contributed by atoms with Crippen LogP contribution in [-0.2, 0) is 9.59 Å². The Labute approximate surface area is 166 Å². The van der Waals surface area contributed by atoms with Crippen molar-refractivity contribution < 1.29 is 18.5 Å². The number of rotatable bonds is 7. The van der Waals surface area contributed by atoms with Crippen LogP contribution in [0.2, 0.25) is 0 Å². The van der Waals surface area contributed by atoms with E-state index in [2.05, 4.69) is 20.9 Å². The fourth-order valence-corrected chi connectivity index (χ4v) is 2.70. The number of benzene rings is 1. The maximum Gasteiger partial charge on any atom is 0.239 e. The van der Waals surface area contributed by atoms with Crippen molar-refractivity contribution in [2.45, 2.75) is 13.8 Å². The molecule has 9 nitrogen and oxygen atoms in total. The van der Waals surface area contributed by atoms with Gasteiger partial charge in [0, 0.05) is 12.1 Å². The third-order valence-electron chi connectivity index (χ3n) is 3.89. The quantitative estimate of drug-likeness (QED) is 0.629. The van der Waals surface area contributed by atoms with Crippen LogP contribution in [0.1, 0.15) is 11.5 Å². The molecular weight excluding hydrogens is 379 g/mol. The van der Waals surface area contributed by atoms with Gasteiger partial charge in [0.2, 0.25) is 11.8 Å². The fourth-order valence-electron chi connectivity index (χ4n) is 2.70. The zero-order valence-corrected chi connectivity index (χ0v) is 16.3. The third kappa shape index (κ3) is 5.48. The molecule has 0 radical (unpaired) electrons. The van der Waals surface area contributed by atoms with Crippen molar-refractivity contribution >= 4 is 23.5 Å². The van der Waals surface area contributed by atoms with Crippen molar-refractivity contribution in [3.05, 3.63) is 53.7 Å². The van der Waals surface area contributed by atoms with E-state index >= 15 is 0 Å². The smallest absolute Gasteiger partial charge is 0.239 e. The van der Waals surface area contributed by atoms with Gasteiger partial charge in [-0.2, -0.15) is 5.10 Å². The molecule has 0 saturated carbocycles. The molecular formula is C19H21FN6O3. The van der Waals surface area contributed by atoms with E-state index in [1.165, 1.54) is 16.8 Å². The summed E-state index contributed by atoms with van der Waals surface area (Å²) in [6.45, 7) is 3.49. The number of aromatic nitrogens is 3. The second kappa shape index (κ2) is 8.65. The summed E-state index contributed by atoms with van der Waals surface area (Å²) in [6.07, 6.45) is 0. The van der Waals surface area contributed by atoms with Gasteiger partial charge in [-0.25, -0.2) is 9.07 Å². The molecule has 2 aromatic heterocycles. The van der Waals surface area contributed by atoms with Crippen LogP contribution in [0.5, 0.6) is 0 Å². The number of aryl methyl sites for hydroxylation is 2. The molecule has 10 heteroatoms. The van der Waals surface area contributed by atoms with Gasteiger partial charge in [-0.1, -0.05) is 5.16 Å². The zero-order valence-electron chi connectivity index (χ0n) is 16.3. The number of carbonyl (C=O) groups excluding carboxylic acids is 2. The number of anilines is 2. The van der Waals surface area contributed by atoms with Crippen LogP contribution >= 0.6 is 0 Å². The van der Waals surface area contributed by atoms with E-state index in [0.29, 0.717) is 28.8 Å². The molecule has 1 aromatic carbocycles. The Kier molecular flexibility index (Phi) is 6.03. The summed E-state index contributed by atoms with van der Waals surface area (Å²) < 4.78 is 19.6. The van der Waals surface area contributed by atoms with Crippen LogP contribution in [0.3, 0.4) is 0 Å². The van der Waals surface area contributed by atoms with Gasteiger partial charge in [-0.15, -0.1) is 0 Å². The van der Waals surface area contributed by atoms with Crippen molar-refractivity contribution in [3.63, 3.8) is 0 Å². The molecule has 0 fully saturated rings. The Balaban J connectivity index is 1.57. The van der Waals surface area contributed by atoms with E-state index in [1.54, 1.807) is 50.1 Å². The Morgan fingerprint density at radius 2 is 1.76 bits per heavy atom. The van der Waals surface area contributed by atoms with E-state index in [1.807, 2.05) is 0 Å². The highest BCUT2D eigenvalue weighted by molar-refractivity contribution is 5.94. The lowest BCUT2D eigenvalue weighted by Crippen LogP contribution is -2.36. The Morgan fingerprint density at radius 3 is 2.38 bits per heavy atom. The monoisotopic (exact) mass is 400 g/mol. The Bertz CT molecular complexity index is 1010. The van der Waals surface area contributed by atoms with Gasteiger partial charge < -0.3 is 15.2 Å². The maximum absolute atomic E-state index is 13.2. The fraction of sp³-hybridized carbons (Fsp3) is 0.263. The molecule has 0 bridgehead atoms. The van der Waals surface area contributed by atoms with E-state index in [9.17, 15) is 14.0 Å². The molecule has 29 heavy (non-hydrogen) atoms. The van der Waals surface area contributed by atoms with Crippen molar-refractivity contribution in [2.24, 2.45) is 0 Å². The first-order valence-electron chi connectivity index (χ1n) is 8.84. The molecule has 0 aliphatic heterocycles. The zero-order chi connectivity index (χ0) is 21.0. The summed E-state index contributed by atoms with van der Waals surface area (Å²) in [5.74, 6) is 0.366. The van der Waals surface area contributed by atoms with E-state index in [0.717, 1.165) is 0 Å². The van der Waals surface area contributed by atoms with Gasteiger partial charge in [0.1, 0.15) is 17.4 Å². The predicted molar refractivity (Wildman–Crippen MR) is 104 cm³/mol. The van der Waals surface area contributed by atoms with Gasteiger partial charge in [0.25, 0.3) is 0 Å². The first-order valence-corrected chi connectivity index (χ1v) is 8.84. The highest BCUT2D eigenvalue weighted by Crippen LogP contribution is 2.17. The predicted octanol–water partition coefficient (Wildman–Crippen LogP) is 2.13. The second-order valence-corrected chi connectivity index (χ2v) is 6.65. The average molecular weight is 400 g/mol. The van der Waals surface area contributed by atoms with Crippen LogP contribution in [-0.4, -0.2) is 51.8 Å². The lowest BCUT2D eigenvalue weighted by molar-refractivity contribution is -0.119. The normalized spacial score (nSPS) is 10.9. The summed E-state index contributed by atoms with van der Waals surface area (Å²) in [6, 6.07) is 9.09. The average Bonchev–Trinajstić information content (AvgIpc) is 3.20. The third-order valence-corrected chi connectivity index (χ3v) is 3.89. The number of hydrogen-bond acceptors (Lipinski definition) is 6. The van der Waals surface area contributed by atoms with Crippen LogP contribution in [0.4, 0.5) is 16.0 Å². The molecule has 0 saturated heterocycles. The van der Waals surface area contributed by atoms with Gasteiger partial charge in [-0.3, -0.25) is 14.5 Å². The van der Waals surface area contributed by atoms with Crippen molar-refractivity contribution in [1.29, 1.82) is 0 Å². The number of carbonyl (C=O) groups is 2. The SMILES string of the molecule is Cc1cc(NC(=O)CN(C)CC(=O)Nc2cc(C)on2)n(-c2ccc(F)cc2)n1. The van der Waals surface area contributed by atoms with Gasteiger partial charge in [0.15, 0.2) is 5.82 Å². The van der Waals surface area contributed by atoms with Crippen molar-refractivity contribution in [1.82, 2.24) is 19.8 Å². The van der Waals surface area contributed by atoms with Gasteiger partial charge in [-0.05, 0) is 45.2 Å². The number of nitrogens with one attached hydrogen (secondary N) is 2. The van der Waals surface area contributed by atoms with E-state index in [4.69, 9.17) is 4.52 Å². The van der Waals surface area contributed by atoms with Gasteiger partial charge >= 0.3 is 0 Å². The molecule has 0 atom stereocenters. The van der Waals surface area contributed by atoms with Crippen molar-refractivity contribution in [2.75, 3.05) is 30.8 Å². The molecule has 2 N–H and O–H groups in total. The Morgan fingerprint density at radius 1 is 1.10 bits per heavy atom. The van der Waals surface area contributed by atoms with Crippen LogP contribution < -0.4 is 10.6 Å². The summed E-state index contributed by atoms with van der Waals surface area (Å²) in [7, 11) is 1.65. The summed E-state index contributed by atoms with van der Waals surface area (Å²) in [4.78, 5) is 26.0. The first-order chi connectivity index (χ1) is 13.8. The molecule has 152 valence electrons. The molecule has 2 amide bonds. The highest BCUT2D eigenvalue weighted by atomic mass is 19.1. The molecule has 0 aliphatic rings. The summed E-state index contributed by atoms with van der Waals surface area (Å²) in [5, 5.41) is 13.4. The van der Waals surface area contributed by atoms with Crippen LogP contribution in [0.25, 0.3) is 5.69 Å². The van der Waals surface area contributed by atoms with Crippen molar-refractivity contribution in [3.8, 4) is 5.69 Å². The molecule has 0 aliphatic carbocycles. The van der Waals surface area contributed by atoms with Gasteiger partial charge in [0.05, 0.1) is 24.5 Å². The number of likely N-dealkylation sites (N-methyl/N-ethyl adjacent to an activating group) is 1. The lowest BCUT2D eigenvalue weighted by atomic mass is 10.3. The van der Waals surface area contributed by atoms with Crippen LogP contribution in [0, 0.1) is 19.7 Å².